The summed E-state index contributed by atoms with van der Waals surface area (Å²) in [6.45, 7) is 0. The Morgan fingerprint density at radius 3 is 2.71 bits per heavy atom. The number of benzene rings is 2. The molecular weight excluding hydrogens is 335 g/mol. The van der Waals surface area contributed by atoms with E-state index in [0.717, 1.165) is 17.2 Å². The summed E-state index contributed by atoms with van der Waals surface area (Å²) in [6.07, 6.45) is -0.423. The van der Waals surface area contributed by atoms with E-state index in [4.69, 9.17) is 11.6 Å². The number of aliphatic hydroxyl groups is 1. The summed E-state index contributed by atoms with van der Waals surface area (Å²) in [5, 5.41) is 15.0. The monoisotopic (exact) mass is 348 g/mol. The maximum absolute atomic E-state index is 13.6. The number of amides is 2. The van der Waals surface area contributed by atoms with Gasteiger partial charge in [0.25, 0.3) is 0 Å². The van der Waals surface area contributed by atoms with Crippen molar-refractivity contribution in [2.24, 2.45) is 0 Å². The van der Waals surface area contributed by atoms with Crippen LogP contribution in [-0.4, -0.2) is 23.0 Å². The first-order valence-corrected chi connectivity index (χ1v) is 7.66. The Balaban J connectivity index is 1.71. The maximum Gasteiger partial charge on any atom is 0.313 e. The molecule has 2 unspecified atom stereocenters. The fourth-order valence-corrected chi connectivity index (χ4v) is 2.90. The Bertz CT molecular complexity index is 812. The standard InChI is InChI=1S/C17H14ClFN2O3/c18-10-5-6-12(19)13(8-10)20-16(23)17(24)21-15-11-4-2-1-3-9(11)7-14(15)22/h1-6,8,14-15,22H,7H2,(H,20,23)(H,21,24). The van der Waals surface area contributed by atoms with Crippen LogP contribution in [0.2, 0.25) is 5.02 Å². The zero-order valence-corrected chi connectivity index (χ0v) is 13.2. The highest BCUT2D eigenvalue weighted by Gasteiger charge is 2.33. The van der Waals surface area contributed by atoms with Crippen LogP contribution < -0.4 is 10.6 Å². The molecule has 1 aliphatic rings. The van der Waals surface area contributed by atoms with Crippen molar-refractivity contribution < 1.29 is 19.1 Å². The van der Waals surface area contributed by atoms with Crippen LogP contribution in [0, 0.1) is 5.82 Å². The highest BCUT2D eigenvalue weighted by Crippen LogP contribution is 2.31. The van der Waals surface area contributed by atoms with E-state index in [9.17, 15) is 19.1 Å². The van der Waals surface area contributed by atoms with Gasteiger partial charge in [0.15, 0.2) is 0 Å². The first-order valence-electron chi connectivity index (χ1n) is 7.28. The van der Waals surface area contributed by atoms with Crippen LogP contribution >= 0.6 is 11.6 Å². The lowest BCUT2D eigenvalue weighted by Gasteiger charge is -2.17. The Hall–Kier alpha value is -2.44. The van der Waals surface area contributed by atoms with Gasteiger partial charge in [0.05, 0.1) is 17.8 Å². The number of nitrogens with one attached hydrogen (secondary N) is 2. The lowest BCUT2D eigenvalue weighted by molar-refractivity contribution is -0.137. The molecule has 0 aliphatic heterocycles. The minimum Gasteiger partial charge on any atom is -0.390 e. The number of aliphatic hydroxyl groups excluding tert-OH is 1. The summed E-state index contributed by atoms with van der Waals surface area (Å²) >= 11 is 5.74. The summed E-state index contributed by atoms with van der Waals surface area (Å²) in [7, 11) is 0. The molecule has 2 atom stereocenters. The second kappa shape index (κ2) is 6.59. The highest BCUT2D eigenvalue weighted by molar-refractivity contribution is 6.40. The normalized spacial score (nSPS) is 18.8. The van der Waals surface area contributed by atoms with E-state index in [1.807, 2.05) is 12.1 Å². The van der Waals surface area contributed by atoms with Crippen molar-refractivity contribution >= 4 is 29.1 Å². The zero-order chi connectivity index (χ0) is 17.3. The van der Waals surface area contributed by atoms with Crippen molar-refractivity contribution in [3.63, 3.8) is 0 Å². The van der Waals surface area contributed by atoms with Gasteiger partial charge in [-0.1, -0.05) is 35.9 Å². The van der Waals surface area contributed by atoms with E-state index < -0.39 is 29.8 Å². The summed E-state index contributed by atoms with van der Waals surface area (Å²) in [4.78, 5) is 24.0. The molecule has 3 rings (SSSR count). The SMILES string of the molecule is O=C(Nc1cc(Cl)ccc1F)C(=O)NC1c2ccccc2CC1O. The van der Waals surface area contributed by atoms with E-state index in [-0.39, 0.29) is 10.7 Å². The summed E-state index contributed by atoms with van der Waals surface area (Å²) in [5.74, 6) is -2.70. The quantitative estimate of drug-likeness (QED) is 0.728. The average Bonchev–Trinajstić information content (AvgIpc) is 2.86. The molecule has 2 aromatic rings. The van der Waals surface area contributed by atoms with E-state index in [1.165, 1.54) is 12.1 Å². The molecular formula is C17H14ClFN2O3. The molecule has 0 saturated carbocycles. The fourth-order valence-electron chi connectivity index (χ4n) is 2.73. The number of anilines is 1. The Morgan fingerprint density at radius 1 is 1.17 bits per heavy atom. The third-order valence-corrected chi connectivity index (χ3v) is 4.11. The molecule has 24 heavy (non-hydrogen) atoms. The van der Waals surface area contributed by atoms with Crippen LogP contribution in [0.15, 0.2) is 42.5 Å². The molecule has 0 heterocycles. The van der Waals surface area contributed by atoms with Crippen molar-refractivity contribution in [2.75, 3.05) is 5.32 Å². The van der Waals surface area contributed by atoms with Crippen LogP contribution in [0.3, 0.4) is 0 Å². The van der Waals surface area contributed by atoms with Gasteiger partial charge in [-0.15, -0.1) is 0 Å². The number of rotatable bonds is 2. The van der Waals surface area contributed by atoms with Gasteiger partial charge in [-0.2, -0.15) is 0 Å². The molecule has 124 valence electrons. The van der Waals surface area contributed by atoms with Gasteiger partial charge in [-0.3, -0.25) is 9.59 Å². The molecule has 1 aliphatic carbocycles. The third-order valence-electron chi connectivity index (χ3n) is 3.87. The van der Waals surface area contributed by atoms with E-state index in [0.29, 0.717) is 6.42 Å². The second-order valence-electron chi connectivity index (χ2n) is 5.50. The highest BCUT2D eigenvalue weighted by atomic mass is 35.5. The van der Waals surface area contributed by atoms with Crippen LogP contribution in [0.5, 0.6) is 0 Å². The zero-order valence-electron chi connectivity index (χ0n) is 12.4. The Kier molecular flexibility index (Phi) is 4.51. The van der Waals surface area contributed by atoms with Crippen LogP contribution in [-0.2, 0) is 16.0 Å². The number of hydrogen-bond acceptors (Lipinski definition) is 3. The first-order chi connectivity index (χ1) is 11.5. The second-order valence-corrected chi connectivity index (χ2v) is 5.94. The molecule has 0 aromatic heterocycles. The molecule has 2 amide bonds. The molecule has 2 aromatic carbocycles. The Labute approximate surface area is 142 Å². The fraction of sp³-hybridized carbons (Fsp3) is 0.176. The maximum atomic E-state index is 13.6. The number of carbonyl (C=O) groups is 2. The Morgan fingerprint density at radius 2 is 1.92 bits per heavy atom. The molecule has 0 saturated heterocycles. The van der Waals surface area contributed by atoms with Crippen molar-refractivity contribution in [1.29, 1.82) is 0 Å². The molecule has 0 bridgehead atoms. The predicted octanol–water partition coefficient (Wildman–Crippen LogP) is 2.19. The van der Waals surface area contributed by atoms with Crippen LogP contribution in [0.4, 0.5) is 10.1 Å². The van der Waals surface area contributed by atoms with E-state index in [1.54, 1.807) is 12.1 Å². The van der Waals surface area contributed by atoms with Crippen molar-refractivity contribution in [1.82, 2.24) is 5.32 Å². The first kappa shape index (κ1) is 16.4. The number of hydrogen-bond donors (Lipinski definition) is 3. The predicted molar refractivity (Wildman–Crippen MR) is 87.1 cm³/mol. The van der Waals surface area contributed by atoms with Gasteiger partial charge >= 0.3 is 11.8 Å². The van der Waals surface area contributed by atoms with Gasteiger partial charge in [-0.05, 0) is 29.3 Å². The lowest BCUT2D eigenvalue weighted by atomic mass is 10.1. The molecule has 0 radical (unpaired) electrons. The van der Waals surface area contributed by atoms with Gasteiger partial charge in [0.1, 0.15) is 5.82 Å². The number of carbonyl (C=O) groups excluding carboxylic acids is 2. The summed E-state index contributed by atoms with van der Waals surface area (Å²) < 4.78 is 13.6. The van der Waals surface area contributed by atoms with E-state index in [2.05, 4.69) is 10.6 Å². The smallest absolute Gasteiger partial charge is 0.313 e. The van der Waals surface area contributed by atoms with Crippen LogP contribution in [0.25, 0.3) is 0 Å². The third kappa shape index (κ3) is 3.25. The van der Waals surface area contributed by atoms with Crippen LogP contribution in [0.1, 0.15) is 17.2 Å². The molecule has 0 fully saturated rings. The van der Waals surface area contributed by atoms with Gasteiger partial charge in [-0.25, -0.2) is 4.39 Å². The topological polar surface area (TPSA) is 78.4 Å². The summed E-state index contributed by atoms with van der Waals surface area (Å²) in [5.41, 5.74) is 1.49. The van der Waals surface area contributed by atoms with Crippen molar-refractivity contribution in [3.05, 3.63) is 64.4 Å². The van der Waals surface area contributed by atoms with Gasteiger partial charge < -0.3 is 15.7 Å². The molecule has 5 nitrogen and oxygen atoms in total. The molecule has 3 N–H and O–H groups in total. The largest absolute Gasteiger partial charge is 0.390 e. The number of fused-ring (bicyclic) bond motifs is 1. The van der Waals surface area contributed by atoms with E-state index >= 15 is 0 Å². The average molecular weight is 349 g/mol. The van der Waals surface area contributed by atoms with Gasteiger partial charge in [0.2, 0.25) is 0 Å². The molecule has 0 spiro atoms. The lowest BCUT2D eigenvalue weighted by Crippen LogP contribution is -2.40. The minimum atomic E-state index is -1.03. The van der Waals surface area contributed by atoms with Crippen molar-refractivity contribution in [3.8, 4) is 0 Å². The minimum absolute atomic E-state index is 0.185. The number of halogens is 2. The van der Waals surface area contributed by atoms with Gasteiger partial charge in [0, 0.05) is 11.4 Å². The summed E-state index contributed by atoms with van der Waals surface area (Å²) in [6, 6.07) is 10.2. The molecule has 7 heteroatoms. The van der Waals surface area contributed by atoms with Crippen molar-refractivity contribution in [2.45, 2.75) is 18.6 Å².